The van der Waals surface area contributed by atoms with Crippen molar-refractivity contribution in [2.24, 2.45) is 0 Å². The summed E-state index contributed by atoms with van der Waals surface area (Å²) in [6.45, 7) is 4.00. The molecule has 76 valence electrons. The Labute approximate surface area is 92.6 Å². The number of aromatic nitrogens is 2. The summed E-state index contributed by atoms with van der Waals surface area (Å²) in [5.41, 5.74) is 0. The molecular formula is C12H12N2S. The Balaban J connectivity index is 0.000000404. The van der Waals surface area contributed by atoms with Gasteiger partial charge in [-0.2, -0.15) is 0 Å². The molecule has 0 aliphatic carbocycles. The van der Waals surface area contributed by atoms with Gasteiger partial charge in [-0.15, -0.1) is 11.3 Å². The van der Waals surface area contributed by atoms with Crippen LogP contribution in [0.1, 0.15) is 13.8 Å². The average Bonchev–Trinajstić information content (AvgIpc) is 2.70. The Kier molecular flexibility index (Phi) is 2.92. The van der Waals surface area contributed by atoms with Crippen LogP contribution in [0, 0.1) is 0 Å². The third-order valence-electron chi connectivity index (χ3n) is 2.06. The summed E-state index contributed by atoms with van der Waals surface area (Å²) in [6, 6.07) is 8.31. The zero-order valence-electron chi connectivity index (χ0n) is 8.77. The lowest BCUT2D eigenvalue weighted by molar-refractivity contribution is 1.24. The molecule has 0 saturated carbocycles. The molecule has 15 heavy (non-hydrogen) atoms. The van der Waals surface area contributed by atoms with E-state index in [0.29, 0.717) is 0 Å². The van der Waals surface area contributed by atoms with Crippen molar-refractivity contribution in [2.75, 3.05) is 0 Å². The van der Waals surface area contributed by atoms with E-state index in [2.05, 4.69) is 22.1 Å². The minimum atomic E-state index is 1.07. The molecule has 2 heterocycles. The first-order valence-corrected chi connectivity index (χ1v) is 5.84. The van der Waals surface area contributed by atoms with Crippen LogP contribution in [0.15, 0.2) is 36.8 Å². The minimum Gasteiger partial charge on any atom is -0.244 e. The summed E-state index contributed by atoms with van der Waals surface area (Å²) in [7, 11) is 0. The van der Waals surface area contributed by atoms with Crippen molar-refractivity contribution < 1.29 is 0 Å². The maximum Gasteiger partial charge on any atom is 0.127 e. The second-order valence-electron chi connectivity index (χ2n) is 2.84. The van der Waals surface area contributed by atoms with Gasteiger partial charge in [-0.05, 0) is 6.07 Å². The number of fused-ring (bicyclic) bond motifs is 3. The topological polar surface area (TPSA) is 25.8 Å². The van der Waals surface area contributed by atoms with Gasteiger partial charge in [0.05, 0.1) is 0 Å². The maximum atomic E-state index is 4.23. The van der Waals surface area contributed by atoms with Gasteiger partial charge in [0.25, 0.3) is 0 Å². The van der Waals surface area contributed by atoms with Crippen LogP contribution in [0.25, 0.3) is 20.3 Å². The van der Waals surface area contributed by atoms with E-state index in [0.717, 1.165) is 10.2 Å². The molecule has 0 radical (unpaired) electrons. The Hall–Kier alpha value is -1.48. The van der Waals surface area contributed by atoms with E-state index in [1.807, 2.05) is 32.2 Å². The molecule has 0 atom stereocenters. The summed E-state index contributed by atoms with van der Waals surface area (Å²) >= 11 is 1.71. The van der Waals surface area contributed by atoms with Gasteiger partial charge in [-0.1, -0.05) is 32.0 Å². The highest BCUT2D eigenvalue weighted by Crippen LogP contribution is 2.30. The monoisotopic (exact) mass is 216 g/mol. The van der Waals surface area contributed by atoms with Crippen molar-refractivity contribution >= 4 is 31.6 Å². The number of hydrogen-bond donors (Lipinski definition) is 0. The van der Waals surface area contributed by atoms with Crippen LogP contribution in [0.4, 0.5) is 0 Å². The SMILES string of the molecule is CC.c1ccc2c(c1)sc1ncncc12. The summed E-state index contributed by atoms with van der Waals surface area (Å²) in [4.78, 5) is 9.32. The summed E-state index contributed by atoms with van der Waals surface area (Å²) < 4.78 is 1.28. The van der Waals surface area contributed by atoms with Crippen LogP contribution < -0.4 is 0 Å². The van der Waals surface area contributed by atoms with Gasteiger partial charge in [-0.3, -0.25) is 0 Å². The van der Waals surface area contributed by atoms with Crippen molar-refractivity contribution in [1.29, 1.82) is 0 Å². The molecule has 0 bridgehead atoms. The first-order chi connectivity index (χ1) is 7.45. The lowest BCUT2D eigenvalue weighted by Gasteiger charge is -1.87. The first-order valence-electron chi connectivity index (χ1n) is 5.02. The van der Waals surface area contributed by atoms with E-state index in [9.17, 15) is 0 Å². The summed E-state index contributed by atoms with van der Waals surface area (Å²) in [6.07, 6.45) is 3.47. The van der Waals surface area contributed by atoms with E-state index in [1.165, 1.54) is 10.1 Å². The Morgan fingerprint density at radius 1 is 1.07 bits per heavy atom. The van der Waals surface area contributed by atoms with Gasteiger partial charge in [0.1, 0.15) is 11.2 Å². The predicted octanol–water partition coefficient (Wildman–Crippen LogP) is 3.87. The van der Waals surface area contributed by atoms with Crippen molar-refractivity contribution in [3.8, 4) is 0 Å². The second kappa shape index (κ2) is 4.36. The molecule has 3 rings (SSSR count). The molecular weight excluding hydrogens is 204 g/mol. The normalized spacial score (nSPS) is 10.0. The Morgan fingerprint density at radius 3 is 2.73 bits per heavy atom. The van der Waals surface area contributed by atoms with Crippen molar-refractivity contribution in [3.05, 3.63) is 36.8 Å². The van der Waals surface area contributed by atoms with E-state index >= 15 is 0 Å². The fourth-order valence-electron chi connectivity index (χ4n) is 1.47. The van der Waals surface area contributed by atoms with Gasteiger partial charge >= 0.3 is 0 Å². The number of rotatable bonds is 0. The first kappa shape index (κ1) is 10.1. The van der Waals surface area contributed by atoms with E-state index < -0.39 is 0 Å². The quantitative estimate of drug-likeness (QED) is 0.570. The van der Waals surface area contributed by atoms with Crippen LogP contribution in [-0.2, 0) is 0 Å². The standard InChI is InChI=1S/C10H6N2S.C2H6/c1-2-4-9-7(3-1)8-5-11-6-12-10(8)13-9;1-2/h1-6H;1-2H3. The van der Waals surface area contributed by atoms with Crippen LogP contribution in [0.3, 0.4) is 0 Å². The van der Waals surface area contributed by atoms with E-state index in [4.69, 9.17) is 0 Å². The molecule has 0 aliphatic heterocycles. The smallest absolute Gasteiger partial charge is 0.127 e. The maximum absolute atomic E-state index is 4.23. The number of thiophene rings is 1. The largest absolute Gasteiger partial charge is 0.244 e. The zero-order valence-corrected chi connectivity index (χ0v) is 9.58. The molecule has 1 aromatic carbocycles. The van der Waals surface area contributed by atoms with Crippen LogP contribution in [0.2, 0.25) is 0 Å². The van der Waals surface area contributed by atoms with Gasteiger partial charge in [0.2, 0.25) is 0 Å². The van der Waals surface area contributed by atoms with E-state index in [1.54, 1.807) is 17.7 Å². The molecule has 0 spiro atoms. The highest BCUT2D eigenvalue weighted by atomic mass is 32.1. The average molecular weight is 216 g/mol. The number of benzene rings is 1. The van der Waals surface area contributed by atoms with Gasteiger partial charge in [0.15, 0.2) is 0 Å². The van der Waals surface area contributed by atoms with Crippen LogP contribution in [-0.4, -0.2) is 9.97 Å². The molecule has 2 aromatic heterocycles. The van der Waals surface area contributed by atoms with Crippen molar-refractivity contribution in [3.63, 3.8) is 0 Å². The molecule has 2 nitrogen and oxygen atoms in total. The summed E-state index contributed by atoms with van der Waals surface area (Å²) in [5.74, 6) is 0. The molecule has 0 N–H and O–H groups in total. The van der Waals surface area contributed by atoms with Crippen molar-refractivity contribution in [1.82, 2.24) is 9.97 Å². The molecule has 3 aromatic rings. The molecule has 0 saturated heterocycles. The molecule has 3 heteroatoms. The third-order valence-corrected chi connectivity index (χ3v) is 3.15. The lowest BCUT2D eigenvalue weighted by Crippen LogP contribution is -1.73. The highest BCUT2D eigenvalue weighted by Gasteiger charge is 2.03. The lowest BCUT2D eigenvalue weighted by atomic mass is 10.2. The number of nitrogens with zero attached hydrogens (tertiary/aromatic N) is 2. The van der Waals surface area contributed by atoms with E-state index in [-0.39, 0.29) is 0 Å². The van der Waals surface area contributed by atoms with Crippen LogP contribution in [0.5, 0.6) is 0 Å². The van der Waals surface area contributed by atoms with Gasteiger partial charge in [-0.25, -0.2) is 9.97 Å². The number of hydrogen-bond acceptors (Lipinski definition) is 3. The highest BCUT2D eigenvalue weighted by molar-refractivity contribution is 7.25. The Morgan fingerprint density at radius 2 is 1.87 bits per heavy atom. The third kappa shape index (κ3) is 1.70. The molecule has 0 unspecified atom stereocenters. The zero-order chi connectivity index (χ0) is 10.7. The fourth-order valence-corrected chi connectivity index (χ4v) is 2.48. The minimum absolute atomic E-state index is 1.07. The van der Waals surface area contributed by atoms with Crippen molar-refractivity contribution in [2.45, 2.75) is 13.8 Å². The Bertz CT molecular complexity index is 521. The fraction of sp³-hybridized carbons (Fsp3) is 0.167. The molecule has 0 fully saturated rings. The molecule has 0 aliphatic rings. The van der Waals surface area contributed by atoms with Gasteiger partial charge in [0, 0.05) is 21.7 Å². The van der Waals surface area contributed by atoms with Gasteiger partial charge < -0.3 is 0 Å². The second-order valence-corrected chi connectivity index (χ2v) is 3.87. The van der Waals surface area contributed by atoms with Crippen LogP contribution >= 0.6 is 11.3 Å². The summed E-state index contributed by atoms with van der Waals surface area (Å²) in [5, 5.41) is 2.41. The predicted molar refractivity (Wildman–Crippen MR) is 66.3 cm³/mol. The molecule has 0 amide bonds.